The number of halogens is 1. The molecular formula is C15H18FNO. The maximum Gasteiger partial charge on any atom is 0.123 e. The van der Waals surface area contributed by atoms with E-state index >= 15 is 0 Å². The number of aliphatic hydroxyl groups is 1. The molecule has 1 heterocycles. The second-order valence-electron chi connectivity index (χ2n) is 4.93. The molecule has 1 aromatic heterocycles. The molecule has 0 saturated carbocycles. The van der Waals surface area contributed by atoms with Gasteiger partial charge in [-0.15, -0.1) is 0 Å². The lowest BCUT2D eigenvalue weighted by Crippen LogP contribution is -2.04. The summed E-state index contributed by atoms with van der Waals surface area (Å²) in [5.41, 5.74) is 1.96. The van der Waals surface area contributed by atoms with Crippen molar-refractivity contribution in [3.8, 4) is 0 Å². The first-order valence-electron chi connectivity index (χ1n) is 6.14. The molecule has 1 atom stereocenters. The van der Waals surface area contributed by atoms with Crippen LogP contribution in [0, 0.1) is 11.7 Å². The van der Waals surface area contributed by atoms with Gasteiger partial charge in [-0.1, -0.05) is 26.0 Å². The van der Waals surface area contributed by atoms with E-state index in [0.717, 1.165) is 11.1 Å². The second kappa shape index (κ2) is 5.36. The Morgan fingerprint density at radius 3 is 2.44 bits per heavy atom. The molecule has 3 heteroatoms. The normalized spacial score (nSPS) is 12.9. The predicted octanol–water partition coefficient (Wildman–Crippen LogP) is 3.36. The summed E-state index contributed by atoms with van der Waals surface area (Å²) in [6.45, 7) is 4.66. The average Bonchev–Trinajstić information content (AvgIpc) is 2.79. The van der Waals surface area contributed by atoms with Crippen LogP contribution in [-0.4, -0.2) is 9.67 Å². The standard InChI is InChI=1S/C15H18FNO/c1-11(2)15(18)13-7-8-17(10-13)9-12-3-5-14(16)6-4-12/h3-8,10-11,15,18H,9H2,1-2H3. The fourth-order valence-corrected chi connectivity index (χ4v) is 1.92. The lowest BCUT2D eigenvalue weighted by atomic mass is 10.0. The van der Waals surface area contributed by atoms with Crippen molar-refractivity contribution in [3.63, 3.8) is 0 Å². The highest BCUT2D eigenvalue weighted by atomic mass is 19.1. The Balaban J connectivity index is 2.09. The van der Waals surface area contributed by atoms with Crippen molar-refractivity contribution < 1.29 is 9.50 Å². The van der Waals surface area contributed by atoms with Crippen molar-refractivity contribution in [3.05, 3.63) is 59.7 Å². The molecule has 0 spiro atoms. The number of hydrogen-bond acceptors (Lipinski definition) is 1. The van der Waals surface area contributed by atoms with E-state index in [1.165, 1.54) is 12.1 Å². The van der Waals surface area contributed by atoms with Crippen LogP contribution in [-0.2, 0) is 6.54 Å². The molecule has 2 rings (SSSR count). The molecule has 0 radical (unpaired) electrons. The first-order chi connectivity index (χ1) is 8.56. The van der Waals surface area contributed by atoms with Gasteiger partial charge in [0.1, 0.15) is 5.82 Å². The van der Waals surface area contributed by atoms with Gasteiger partial charge in [0.15, 0.2) is 0 Å². The molecule has 96 valence electrons. The first kappa shape index (κ1) is 12.8. The first-order valence-corrected chi connectivity index (χ1v) is 6.14. The van der Waals surface area contributed by atoms with Crippen molar-refractivity contribution in [1.82, 2.24) is 4.57 Å². The lowest BCUT2D eigenvalue weighted by molar-refractivity contribution is 0.127. The molecule has 1 aromatic carbocycles. The minimum Gasteiger partial charge on any atom is -0.388 e. The van der Waals surface area contributed by atoms with Crippen LogP contribution in [0.1, 0.15) is 31.1 Å². The zero-order valence-electron chi connectivity index (χ0n) is 10.7. The van der Waals surface area contributed by atoms with Gasteiger partial charge in [0.2, 0.25) is 0 Å². The summed E-state index contributed by atoms with van der Waals surface area (Å²) in [5.74, 6) is -0.0196. The predicted molar refractivity (Wildman–Crippen MR) is 69.7 cm³/mol. The van der Waals surface area contributed by atoms with E-state index in [-0.39, 0.29) is 11.7 Å². The summed E-state index contributed by atoms with van der Waals surface area (Å²) in [5, 5.41) is 9.95. The molecule has 1 unspecified atom stereocenters. The summed E-state index contributed by atoms with van der Waals surface area (Å²) in [4.78, 5) is 0. The highest BCUT2D eigenvalue weighted by molar-refractivity contribution is 5.19. The quantitative estimate of drug-likeness (QED) is 0.880. The molecule has 18 heavy (non-hydrogen) atoms. The van der Waals surface area contributed by atoms with Crippen molar-refractivity contribution in [2.75, 3.05) is 0 Å². The van der Waals surface area contributed by atoms with Crippen LogP contribution < -0.4 is 0 Å². The van der Waals surface area contributed by atoms with Gasteiger partial charge in [0.05, 0.1) is 6.10 Å². The summed E-state index contributed by atoms with van der Waals surface area (Å²) >= 11 is 0. The number of aromatic nitrogens is 1. The molecule has 0 aliphatic rings. The van der Waals surface area contributed by atoms with E-state index < -0.39 is 6.10 Å². The van der Waals surface area contributed by atoms with Crippen LogP contribution in [0.25, 0.3) is 0 Å². The van der Waals surface area contributed by atoms with Gasteiger partial charge in [0, 0.05) is 18.9 Å². The van der Waals surface area contributed by atoms with Crippen molar-refractivity contribution >= 4 is 0 Å². The van der Waals surface area contributed by atoms with Gasteiger partial charge in [-0.3, -0.25) is 0 Å². The molecule has 0 bridgehead atoms. The smallest absolute Gasteiger partial charge is 0.123 e. The largest absolute Gasteiger partial charge is 0.388 e. The van der Waals surface area contributed by atoms with Gasteiger partial charge in [-0.2, -0.15) is 0 Å². The van der Waals surface area contributed by atoms with Crippen molar-refractivity contribution in [2.24, 2.45) is 5.92 Å². The van der Waals surface area contributed by atoms with Gasteiger partial charge in [0.25, 0.3) is 0 Å². The van der Waals surface area contributed by atoms with Crippen LogP contribution in [0.15, 0.2) is 42.7 Å². The second-order valence-corrected chi connectivity index (χ2v) is 4.93. The van der Waals surface area contributed by atoms with Crippen LogP contribution in [0.3, 0.4) is 0 Å². The minimum atomic E-state index is -0.431. The monoisotopic (exact) mass is 247 g/mol. The average molecular weight is 247 g/mol. The molecule has 2 nitrogen and oxygen atoms in total. The van der Waals surface area contributed by atoms with Gasteiger partial charge in [-0.05, 0) is 35.2 Å². The van der Waals surface area contributed by atoms with E-state index in [9.17, 15) is 9.50 Å². The minimum absolute atomic E-state index is 0.201. The molecule has 0 fully saturated rings. The fraction of sp³-hybridized carbons (Fsp3) is 0.333. The van der Waals surface area contributed by atoms with Gasteiger partial charge >= 0.3 is 0 Å². The Labute approximate surface area is 107 Å². The van der Waals surface area contributed by atoms with E-state index in [4.69, 9.17) is 0 Å². The Morgan fingerprint density at radius 1 is 1.17 bits per heavy atom. The number of benzene rings is 1. The Kier molecular flexibility index (Phi) is 3.82. The molecule has 0 amide bonds. The topological polar surface area (TPSA) is 25.2 Å². The summed E-state index contributed by atoms with van der Waals surface area (Å²) in [6, 6.07) is 8.39. The highest BCUT2D eigenvalue weighted by Gasteiger charge is 2.12. The van der Waals surface area contributed by atoms with Gasteiger partial charge in [-0.25, -0.2) is 4.39 Å². The summed E-state index contributed by atoms with van der Waals surface area (Å²) in [6.07, 6.45) is 3.44. The SMILES string of the molecule is CC(C)C(O)c1ccn(Cc2ccc(F)cc2)c1. The Hall–Kier alpha value is -1.61. The number of hydrogen-bond donors (Lipinski definition) is 1. The van der Waals surface area contributed by atoms with Gasteiger partial charge < -0.3 is 9.67 Å². The summed E-state index contributed by atoms with van der Waals surface area (Å²) in [7, 11) is 0. The Bertz CT molecular complexity index is 501. The highest BCUT2D eigenvalue weighted by Crippen LogP contribution is 2.21. The van der Waals surface area contributed by atoms with Crippen molar-refractivity contribution in [1.29, 1.82) is 0 Å². The van der Waals surface area contributed by atoms with Crippen LogP contribution >= 0.6 is 0 Å². The van der Waals surface area contributed by atoms with Crippen LogP contribution in [0.4, 0.5) is 4.39 Å². The lowest BCUT2D eigenvalue weighted by Gasteiger charge is -2.12. The van der Waals surface area contributed by atoms with E-state index in [2.05, 4.69) is 0 Å². The third kappa shape index (κ3) is 2.99. The molecule has 0 saturated heterocycles. The summed E-state index contributed by atoms with van der Waals surface area (Å²) < 4.78 is 14.8. The number of aliphatic hydroxyl groups excluding tert-OH is 1. The van der Waals surface area contributed by atoms with Crippen LogP contribution in [0.5, 0.6) is 0 Å². The molecule has 1 N–H and O–H groups in total. The maximum absolute atomic E-state index is 12.8. The third-order valence-electron chi connectivity index (χ3n) is 3.02. The van der Waals surface area contributed by atoms with E-state index in [0.29, 0.717) is 6.54 Å². The van der Waals surface area contributed by atoms with E-state index in [1.54, 1.807) is 12.1 Å². The Morgan fingerprint density at radius 2 is 1.83 bits per heavy atom. The van der Waals surface area contributed by atoms with Crippen molar-refractivity contribution in [2.45, 2.75) is 26.5 Å². The molecule has 0 aliphatic carbocycles. The molecule has 2 aromatic rings. The zero-order chi connectivity index (χ0) is 13.1. The third-order valence-corrected chi connectivity index (χ3v) is 3.02. The fourth-order valence-electron chi connectivity index (χ4n) is 1.92. The van der Waals surface area contributed by atoms with E-state index in [1.807, 2.05) is 36.9 Å². The molecular weight excluding hydrogens is 229 g/mol. The maximum atomic E-state index is 12.8. The molecule has 0 aliphatic heterocycles. The zero-order valence-corrected chi connectivity index (χ0v) is 10.7. The number of rotatable bonds is 4. The van der Waals surface area contributed by atoms with Crippen LogP contribution in [0.2, 0.25) is 0 Å². The number of nitrogens with zero attached hydrogens (tertiary/aromatic N) is 1.